The Morgan fingerprint density at radius 1 is 1.52 bits per heavy atom. The first-order valence-electron chi connectivity index (χ1n) is 6.22. The van der Waals surface area contributed by atoms with Gasteiger partial charge in [0.25, 0.3) is 0 Å². The molecule has 0 saturated heterocycles. The van der Waals surface area contributed by atoms with E-state index in [4.69, 9.17) is 16.3 Å². The van der Waals surface area contributed by atoms with Crippen molar-refractivity contribution in [1.82, 2.24) is 9.78 Å². The predicted octanol–water partition coefficient (Wildman–Crippen LogP) is 3.47. The number of carbonyl (C=O) groups excluding carboxylic acids is 1. The van der Waals surface area contributed by atoms with Crippen LogP contribution in [0.25, 0.3) is 0 Å². The van der Waals surface area contributed by atoms with E-state index in [0.29, 0.717) is 5.02 Å². The van der Waals surface area contributed by atoms with Crippen LogP contribution in [-0.2, 0) is 16.6 Å². The van der Waals surface area contributed by atoms with E-state index in [1.54, 1.807) is 23.0 Å². The van der Waals surface area contributed by atoms with E-state index < -0.39 is 6.04 Å². The van der Waals surface area contributed by atoms with Crippen LogP contribution >= 0.6 is 27.5 Å². The van der Waals surface area contributed by atoms with Gasteiger partial charge in [-0.1, -0.05) is 11.6 Å². The maximum absolute atomic E-state index is 12.1. The minimum Gasteiger partial charge on any atom is -0.467 e. The lowest BCUT2D eigenvalue weighted by molar-refractivity contribution is -0.141. The summed E-state index contributed by atoms with van der Waals surface area (Å²) in [7, 11) is 3.17. The molecule has 2 aromatic rings. The molecule has 2 rings (SSSR count). The van der Waals surface area contributed by atoms with Crippen molar-refractivity contribution in [2.24, 2.45) is 7.05 Å². The number of esters is 1. The Hall–Kier alpha value is -1.53. The van der Waals surface area contributed by atoms with Crippen LogP contribution in [0.5, 0.6) is 0 Å². The molecule has 21 heavy (non-hydrogen) atoms. The number of methoxy groups -OCH3 is 1. The van der Waals surface area contributed by atoms with Gasteiger partial charge in [-0.3, -0.25) is 4.68 Å². The van der Waals surface area contributed by atoms with Crippen LogP contribution in [-0.4, -0.2) is 22.9 Å². The third kappa shape index (κ3) is 3.57. The average molecular weight is 373 g/mol. The third-order valence-electron chi connectivity index (χ3n) is 3.03. The first-order valence-corrected chi connectivity index (χ1v) is 7.39. The number of aromatic nitrogens is 2. The number of benzene rings is 1. The summed E-state index contributed by atoms with van der Waals surface area (Å²) in [6, 6.07) is 4.73. The van der Waals surface area contributed by atoms with Crippen LogP contribution in [0.4, 0.5) is 5.69 Å². The van der Waals surface area contributed by atoms with E-state index in [2.05, 4.69) is 26.3 Å². The van der Waals surface area contributed by atoms with Crippen molar-refractivity contribution in [3.8, 4) is 0 Å². The molecule has 112 valence electrons. The summed E-state index contributed by atoms with van der Waals surface area (Å²) in [5, 5.41) is 8.02. The number of aryl methyl sites for hydroxylation is 2. The summed E-state index contributed by atoms with van der Waals surface area (Å²) >= 11 is 9.33. The van der Waals surface area contributed by atoms with Gasteiger partial charge < -0.3 is 10.1 Å². The van der Waals surface area contributed by atoms with E-state index in [-0.39, 0.29) is 5.97 Å². The Morgan fingerprint density at radius 2 is 2.24 bits per heavy atom. The zero-order valence-electron chi connectivity index (χ0n) is 11.9. The first-order chi connectivity index (χ1) is 9.92. The van der Waals surface area contributed by atoms with Crippen molar-refractivity contribution < 1.29 is 9.53 Å². The fraction of sp³-hybridized carbons (Fsp3) is 0.286. The Morgan fingerprint density at radius 3 is 2.76 bits per heavy atom. The van der Waals surface area contributed by atoms with Gasteiger partial charge in [-0.2, -0.15) is 5.10 Å². The number of carbonyl (C=O) groups is 1. The molecular weight excluding hydrogens is 358 g/mol. The van der Waals surface area contributed by atoms with Crippen LogP contribution in [0.2, 0.25) is 5.02 Å². The lowest BCUT2D eigenvalue weighted by Crippen LogP contribution is -2.22. The molecule has 1 N–H and O–H groups in total. The molecular formula is C14H15BrClN3O2. The van der Waals surface area contributed by atoms with E-state index in [1.807, 2.05) is 20.0 Å². The van der Waals surface area contributed by atoms with E-state index >= 15 is 0 Å². The molecule has 0 amide bonds. The van der Waals surface area contributed by atoms with Crippen LogP contribution in [0.1, 0.15) is 17.3 Å². The summed E-state index contributed by atoms with van der Waals surface area (Å²) in [5.74, 6) is -0.378. The third-order valence-corrected chi connectivity index (χ3v) is 4.24. The second-order valence-electron chi connectivity index (χ2n) is 4.57. The van der Waals surface area contributed by atoms with Crippen LogP contribution < -0.4 is 5.32 Å². The van der Waals surface area contributed by atoms with Gasteiger partial charge in [0.1, 0.15) is 0 Å². The van der Waals surface area contributed by atoms with Crippen molar-refractivity contribution in [2.45, 2.75) is 13.0 Å². The van der Waals surface area contributed by atoms with Crippen LogP contribution in [0, 0.1) is 6.92 Å². The SMILES string of the molecule is COC(=O)C(Nc1ccc(Cl)c(Br)c1)c1cn(C)nc1C. The van der Waals surface area contributed by atoms with Gasteiger partial charge in [0, 0.05) is 29.0 Å². The summed E-state index contributed by atoms with van der Waals surface area (Å²) < 4.78 is 7.30. The maximum atomic E-state index is 12.1. The Labute approximate surface area is 136 Å². The predicted molar refractivity (Wildman–Crippen MR) is 85.5 cm³/mol. The normalized spacial score (nSPS) is 12.0. The molecule has 1 aromatic heterocycles. The molecule has 7 heteroatoms. The highest BCUT2D eigenvalue weighted by Gasteiger charge is 2.25. The van der Waals surface area contributed by atoms with E-state index in [0.717, 1.165) is 21.4 Å². The fourth-order valence-electron chi connectivity index (χ4n) is 2.04. The van der Waals surface area contributed by atoms with Crippen LogP contribution in [0.15, 0.2) is 28.9 Å². The average Bonchev–Trinajstić information content (AvgIpc) is 2.78. The lowest BCUT2D eigenvalue weighted by Gasteiger charge is -2.17. The number of ether oxygens (including phenoxy) is 1. The number of nitrogens with one attached hydrogen (secondary N) is 1. The summed E-state index contributed by atoms with van der Waals surface area (Å²) in [6.45, 7) is 1.85. The maximum Gasteiger partial charge on any atom is 0.333 e. The molecule has 0 fully saturated rings. The fourth-order valence-corrected chi connectivity index (χ4v) is 2.53. The highest BCUT2D eigenvalue weighted by Crippen LogP contribution is 2.29. The van der Waals surface area contributed by atoms with Gasteiger partial charge in [-0.15, -0.1) is 0 Å². The molecule has 0 aliphatic rings. The number of anilines is 1. The number of hydrogen-bond acceptors (Lipinski definition) is 4. The van der Waals surface area contributed by atoms with Crippen molar-refractivity contribution in [2.75, 3.05) is 12.4 Å². The summed E-state index contributed by atoms with van der Waals surface area (Å²) in [4.78, 5) is 12.1. The molecule has 0 bridgehead atoms. The molecule has 1 unspecified atom stereocenters. The van der Waals surface area contributed by atoms with Crippen molar-refractivity contribution in [3.05, 3.63) is 45.1 Å². The number of rotatable bonds is 4. The Balaban J connectivity index is 2.35. The van der Waals surface area contributed by atoms with Gasteiger partial charge in [0.05, 0.1) is 17.8 Å². The molecule has 0 spiro atoms. The quantitative estimate of drug-likeness (QED) is 0.835. The first kappa shape index (κ1) is 15.9. The van der Waals surface area contributed by atoms with Gasteiger partial charge in [0.15, 0.2) is 6.04 Å². The smallest absolute Gasteiger partial charge is 0.333 e. The largest absolute Gasteiger partial charge is 0.467 e. The van der Waals surface area contributed by atoms with Crippen molar-refractivity contribution in [3.63, 3.8) is 0 Å². The lowest BCUT2D eigenvalue weighted by atomic mass is 10.1. The zero-order chi connectivity index (χ0) is 15.6. The van der Waals surface area contributed by atoms with Gasteiger partial charge >= 0.3 is 5.97 Å². The Kier molecular flexibility index (Phi) is 4.90. The van der Waals surface area contributed by atoms with Crippen molar-refractivity contribution in [1.29, 1.82) is 0 Å². The molecule has 0 aliphatic heterocycles. The standard InChI is InChI=1S/C14H15BrClN3O2/c1-8-10(7-19(2)18-8)13(14(20)21-3)17-9-4-5-12(16)11(15)6-9/h4-7,13,17H,1-3H3. The molecule has 0 radical (unpaired) electrons. The highest BCUT2D eigenvalue weighted by molar-refractivity contribution is 9.10. The number of halogens is 2. The molecule has 0 saturated carbocycles. The molecule has 5 nitrogen and oxygen atoms in total. The van der Waals surface area contributed by atoms with Gasteiger partial charge in [-0.05, 0) is 41.1 Å². The number of nitrogens with zero attached hydrogens (tertiary/aromatic N) is 2. The Bertz CT molecular complexity index is 672. The zero-order valence-corrected chi connectivity index (χ0v) is 14.2. The monoisotopic (exact) mass is 371 g/mol. The van der Waals surface area contributed by atoms with E-state index in [9.17, 15) is 4.79 Å². The molecule has 1 atom stereocenters. The van der Waals surface area contributed by atoms with Gasteiger partial charge in [0.2, 0.25) is 0 Å². The molecule has 0 aliphatic carbocycles. The van der Waals surface area contributed by atoms with Crippen molar-refractivity contribution >= 4 is 39.2 Å². The molecule has 1 heterocycles. The summed E-state index contributed by atoms with van der Waals surface area (Å²) in [5.41, 5.74) is 2.30. The number of hydrogen-bond donors (Lipinski definition) is 1. The minimum atomic E-state index is -0.628. The second kappa shape index (κ2) is 6.49. The summed E-state index contributed by atoms with van der Waals surface area (Å²) in [6.07, 6.45) is 1.80. The topological polar surface area (TPSA) is 56.1 Å². The molecule has 1 aromatic carbocycles. The second-order valence-corrected chi connectivity index (χ2v) is 5.83. The van der Waals surface area contributed by atoms with Gasteiger partial charge in [-0.25, -0.2) is 4.79 Å². The van der Waals surface area contributed by atoms with E-state index in [1.165, 1.54) is 7.11 Å². The minimum absolute atomic E-state index is 0.378. The highest BCUT2D eigenvalue weighted by atomic mass is 79.9. The van der Waals surface area contributed by atoms with Crippen LogP contribution in [0.3, 0.4) is 0 Å².